The number of carboxylic acid groups (broad SMARTS) is 1. The zero-order valence-electron chi connectivity index (χ0n) is 11.5. The minimum Gasteiger partial charge on any atom is -0.476 e. The number of aryl methyl sites for hydroxylation is 3. The van der Waals surface area contributed by atoms with Crippen LogP contribution in [0, 0.1) is 19.8 Å². The molecule has 0 amide bonds. The van der Waals surface area contributed by atoms with Crippen molar-refractivity contribution in [3.05, 3.63) is 16.4 Å². The molecule has 2 aromatic heterocycles. The number of carboxylic acids is 1. The zero-order chi connectivity index (χ0) is 14.3. The van der Waals surface area contributed by atoms with Crippen molar-refractivity contribution >= 4 is 17.3 Å². The Morgan fingerprint density at radius 1 is 1.45 bits per heavy atom. The number of hydrogen-bond acceptors (Lipinski definition) is 5. The summed E-state index contributed by atoms with van der Waals surface area (Å²) in [6, 6.07) is 0. The smallest absolute Gasteiger partial charge is 0.358 e. The Kier molecular flexibility index (Phi) is 3.29. The van der Waals surface area contributed by atoms with Gasteiger partial charge in [0.15, 0.2) is 5.69 Å². The normalized spacial score (nSPS) is 14.7. The lowest BCUT2D eigenvalue weighted by Crippen LogP contribution is -2.05. The average Bonchev–Trinajstić information content (AvgIpc) is 3.02. The maximum Gasteiger partial charge on any atom is 0.358 e. The average molecular weight is 292 g/mol. The summed E-state index contributed by atoms with van der Waals surface area (Å²) >= 11 is 1.49. The lowest BCUT2D eigenvalue weighted by atomic mass is 10.2. The zero-order valence-corrected chi connectivity index (χ0v) is 12.3. The van der Waals surface area contributed by atoms with Crippen molar-refractivity contribution < 1.29 is 9.90 Å². The summed E-state index contributed by atoms with van der Waals surface area (Å²) < 4.78 is 1.72. The van der Waals surface area contributed by atoms with Crippen LogP contribution in [0.4, 0.5) is 0 Å². The molecule has 0 aliphatic heterocycles. The van der Waals surface area contributed by atoms with E-state index in [9.17, 15) is 9.90 Å². The standard InChI is InChI=1S/C13H16N4O2S/c1-7-12(20-8(2)14-7)11-10(13(18)19)15-16-17(11)6-5-9-3-4-9/h9H,3-6H2,1-2H3,(H,18,19). The summed E-state index contributed by atoms with van der Waals surface area (Å²) in [5.41, 5.74) is 1.46. The molecule has 0 radical (unpaired) electrons. The Morgan fingerprint density at radius 2 is 2.20 bits per heavy atom. The summed E-state index contributed by atoms with van der Waals surface area (Å²) in [5, 5.41) is 18.1. The van der Waals surface area contributed by atoms with Gasteiger partial charge in [-0.2, -0.15) is 0 Å². The van der Waals surface area contributed by atoms with E-state index in [0.717, 1.165) is 34.5 Å². The van der Waals surface area contributed by atoms with Gasteiger partial charge in [-0.25, -0.2) is 14.5 Å². The van der Waals surface area contributed by atoms with E-state index in [2.05, 4.69) is 15.3 Å². The van der Waals surface area contributed by atoms with E-state index in [4.69, 9.17) is 0 Å². The van der Waals surface area contributed by atoms with Gasteiger partial charge in [-0.05, 0) is 26.2 Å². The van der Waals surface area contributed by atoms with Crippen molar-refractivity contribution in [3.63, 3.8) is 0 Å². The number of aromatic nitrogens is 4. The predicted molar refractivity (Wildman–Crippen MR) is 74.9 cm³/mol. The summed E-state index contributed by atoms with van der Waals surface area (Å²) in [4.78, 5) is 16.6. The molecule has 7 heteroatoms. The van der Waals surface area contributed by atoms with Crippen LogP contribution in [0.1, 0.15) is 40.5 Å². The Labute approximate surface area is 120 Å². The molecule has 0 aromatic carbocycles. The number of hydrogen-bond donors (Lipinski definition) is 1. The Balaban J connectivity index is 2.02. The maximum atomic E-state index is 11.3. The van der Waals surface area contributed by atoms with Crippen LogP contribution < -0.4 is 0 Å². The largest absolute Gasteiger partial charge is 0.476 e. The predicted octanol–water partition coefficient (Wildman–Crippen LogP) is 2.52. The Bertz CT molecular complexity index is 657. The first-order chi connectivity index (χ1) is 9.56. The second-order valence-electron chi connectivity index (χ2n) is 5.19. The summed E-state index contributed by atoms with van der Waals surface area (Å²) in [7, 11) is 0. The molecule has 0 unspecified atom stereocenters. The van der Waals surface area contributed by atoms with Crippen LogP contribution >= 0.6 is 11.3 Å². The highest BCUT2D eigenvalue weighted by Crippen LogP contribution is 2.35. The van der Waals surface area contributed by atoms with E-state index >= 15 is 0 Å². The van der Waals surface area contributed by atoms with Crippen LogP contribution in [0.3, 0.4) is 0 Å². The minimum absolute atomic E-state index is 0.0209. The van der Waals surface area contributed by atoms with Gasteiger partial charge in [0.2, 0.25) is 0 Å². The minimum atomic E-state index is -1.04. The third-order valence-corrected chi connectivity index (χ3v) is 4.58. The van der Waals surface area contributed by atoms with Crippen LogP contribution in [0.2, 0.25) is 0 Å². The molecule has 1 aliphatic rings. The van der Waals surface area contributed by atoms with Crippen molar-refractivity contribution in [2.75, 3.05) is 0 Å². The molecule has 1 saturated carbocycles. The lowest BCUT2D eigenvalue weighted by Gasteiger charge is -2.05. The molecular weight excluding hydrogens is 276 g/mol. The van der Waals surface area contributed by atoms with Gasteiger partial charge in [-0.1, -0.05) is 18.1 Å². The molecule has 0 bridgehead atoms. The van der Waals surface area contributed by atoms with Crippen molar-refractivity contribution in [1.82, 2.24) is 20.0 Å². The van der Waals surface area contributed by atoms with Crippen LogP contribution in [0.5, 0.6) is 0 Å². The third kappa shape index (κ3) is 2.45. The van der Waals surface area contributed by atoms with E-state index in [1.807, 2.05) is 13.8 Å². The summed E-state index contributed by atoms with van der Waals surface area (Å²) in [6.07, 6.45) is 3.58. The van der Waals surface area contributed by atoms with Crippen LogP contribution in [0.15, 0.2) is 0 Å². The molecule has 2 heterocycles. The summed E-state index contributed by atoms with van der Waals surface area (Å²) in [5.74, 6) is -0.271. The van der Waals surface area contributed by atoms with E-state index in [1.54, 1.807) is 4.68 Å². The molecule has 2 aromatic rings. The highest BCUT2D eigenvalue weighted by molar-refractivity contribution is 7.15. The maximum absolute atomic E-state index is 11.3. The van der Waals surface area contributed by atoms with Crippen molar-refractivity contribution in [1.29, 1.82) is 0 Å². The molecule has 6 nitrogen and oxygen atoms in total. The van der Waals surface area contributed by atoms with Crippen molar-refractivity contribution in [2.45, 2.75) is 39.7 Å². The van der Waals surface area contributed by atoms with Gasteiger partial charge in [-0.3, -0.25) is 0 Å². The van der Waals surface area contributed by atoms with Crippen molar-refractivity contribution in [2.24, 2.45) is 5.92 Å². The fourth-order valence-corrected chi connectivity index (χ4v) is 3.27. The van der Waals surface area contributed by atoms with Gasteiger partial charge in [0.05, 0.1) is 15.6 Å². The SMILES string of the molecule is Cc1nc(C)c(-c2c(C(=O)O)nnn2CCC2CC2)s1. The number of thiazole rings is 1. The first-order valence-electron chi connectivity index (χ1n) is 6.67. The van der Waals surface area contributed by atoms with Gasteiger partial charge in [-0.15, -0.1) is 16.4 Å². The summed E-state index contributed by atoms with van der Waals surface area (Å²) in [6.45, 7) is 4.53. The van der Waals surface area contributed by atoms with Gasteiger partial charge in [0.25, 0.3) is 0 Å². The fourth-order valence-electron chi connectivity index (χ4n) is 2.30. The second-order valence-corrected chi connectivity index (χ2v) is 6.40. The molecule has 20 heavy (non-hydrogen) atoms. The van der Waals surface area contributed by atoms with Gasteiger partial charge in [0.1, 0.15) is 5.69 Å². The number of nitrogens with zero attached hydrogens (tertiary/aromatic N) is 4. The second kappa shape index (κ2) is 4.97. The molecule has 0 atom stereocenters. The molecule has 106 valence electrons. The monoisotopic (exact) mass is 292 g/mol. The highest BCUT2D eigenvalue weighted by Gasteiger charge is 2.26. The molecular formula is C13H16N4O2S. The Morgan fingerprint density at radius 3 is 2.75 bits per heavy atom. The molecule has 1 N–H and O–H groups in total. The van der Waals surface area contributed by atoms with Crippen LogP contribution in [0.25, 0.3) is 10.6 Å². The molecule has 0 saturated heterocycles. The van der Waals surface area contributed by atoms with E-state index in [-0.39, 0.29) is 5.69 Å². The van der Waals surface area contributed by atoms with Crippen LogP contribution in [-0.4, -0.2) is 31.1 Å². The molecule has 0 spiro atoms. The molecule has 3 rings (SSSR count). The van der Waals surface area contributed by atoms with E-state index in [0.29, 0.717) is 5.69 Å². The van der Waals surface area contributed by atoms with E-state index < -0.39 is 5.97 Å². The molecule has 1 fully saturated rings. The lowest BCUT2D eigenvalue weighted by molar-refractivity contribution is 0.0691. The Hall–Kier alpha value is -1.76. The highest BCUT2D eigenvalue weighted by atomic mass is 32.1. The topological polar surface area (TPSA) is 80.9 Å². The van der Waals surface area contributed by atoms with Gasteiger partial charge < -0.3 is 5.11 Å². The quantitative estimate of drug-likeness (QED) is 0.915. The third-order valence-electron chi connectivity index (χ3n) is 3.50. The first kappa shape index (κ1) is 13.2. The fraction of sp³-hybridized carbons (Fsp3) is 0.538. The van der Waals surface area contributed by atoms with E-state index in [1.165, 1.54) is 24.2 Å². The number of carbonyl (C=O) groups is 1. The number of rotatable bonds is 5. The number of aromatic carboxylic acids is 1. The van der Waals surface area contributed by atoms with Gasteiger partial charge >= 0.3 is 5.97 Å². The molecule has 1 aliphatic carbocycles. The van der Waals surface area contributed by atoms with Crippen LogP contribution in [-0.2, 0) is 6.54 Å². The van der Waals surface area contributed by atoms with Crippen molar-refractivity contribution in [3.8, 4) is 10.6 Å². The first-order valence-corrected chi connectivity index (χ1v) is 7.49. The van der Waals surface area contributed by atoms with Gasteiger partial charge in [0, 0.05) is 6.54 Å².